The molecular weight excluding hydrogens is 232 g/mol. The molecule has 5 heteroatoms. The largest absolute Gasteiger partial charge is 0.479 e. The Morgan fingerprint density at radius 1 is 1.44 bits per heavy atom. The van der Waals surface area contributed by atoms with E-state index >= 15 is 0 Å². The molecule has 1 aromatic heterocycles. The van der Waals surface area contributed by atoms with Crippen molar-refractivity contribution in [2.45, 2.75) is 12.5 Å². The molecule has 5 nitrogen and oxygen atoms in total. The molecule has 18 heavy (non-hydrogen) atoms. The van der Waals surface area contributed by atoms with Gasteiger partial charge in [0.15, 0.2) is 6.10 Å². The van der Waals surface area contributed by atoms with E-state index < -0.39 is 12.1 Å². The Hall–Kier alpha value is -2.14. The Bertz CT molecular complexity index is 557. The van der Waals surface area contributed by atoms with E-state index in [4.69, 9.17) is 15.6 Å². The molecule has 0 saturated carbocycles. The minimum absolute atomic E-state index is 0.267. The molecule has 0 radical (unpaired) electrons. The van der Waals surface area contributed by atoms with Gasteiger partial charge in [0.05, 0.1) is 5.52 Å². The van der Waals surface area contributed by atoms with Crippen molar-refractivity contribution >= 4 is 16.9 Å². The number of hydrogen-bond donors (Lipinski definition) is 2. The van der Waals surface area contributed by atoms with Crippen molar-refractivity contribution in [1.82, 2.24) is 4.98 Å². The van der Waals surface area contributed by atoms with Gasteiger partial charge >= 0.3 is 5.97 Å². The molecule has 2 rings (SSSR count). The monoisotopic (exact) mass is 246 g/mol. The third-order valence-corrected chi connectivity index (χ3v) is 2.56. The predicted molar refractivity (Wildman–Crippen MR) is 67.5 cm³/mol. The summed E-state index contributed by atoms with van der Waals surface area (Å²) in [5.74, 6) is -0.524. The molecule has 1 atom stereocenters. The molecule has 0 fully saturated rings. The number of rotatable bonds is 5. The minimum Gasteiger partial charge on any atom is -0.479 e. The molecule has 0 aliphatic heterocycles. The SMILES string of the molecule is NCCC(Oc1ccc2cccnc2c1)C(=O)O. The molecule has 0 saturated heterocycles. The van der Waals surface area contributed by atoms with Gasteiger partial charge in [-0.15, -0.1) is 0 Å². The number of benzene rings is 1. The second-order valence-corrected chi connectivity index (χ2v) is 3.88. The minimum atomic E-state index is -1.01. The Morgan fingerprint density at radius 2 is 2.28 bits per heavy atom. The number of ether oxygens (including phenoxy) is 1. The Morgan fingerprint density at radius 3 is 3.00 bits per heavy atom. The lowest BCUT2D eigenvalue weighted by Gasteiger charge is -2.14. The van der Waals surface area contributed by atoms with Crippen LogP contribution in [0.25, 0.3) is 10.9 Å². The van der Waals surface area contributed by atoms with E-state index in [1.165, 1.54) is 0 Å². The maximum atomic E-state index is 11.0. The highest BCUT2D eigenvalue weighted by atomic mass is 16.5. The standard InChI is InChI=1S/C13H14N2O3/c14-6-5-12(13(16)17)18-10-4-3-9-2-1-7-15-11(9)8-10/h1-4,7-8,12H,5-6,14H2,(H,16,17). The van der Waals surface area contributed by atoms with E-state index in [-0.39, 0.29) is 13.0 Å². The molecule has 0 aliphatic carbocycles. The van der Waals surface area contributed by atoms with Crippen molar-refractivity contribution in [2.24, 2.45) is 5.73 Å². The van der Waals surface area contributed by atoms with Gasteiger partial charge in [-0.1, -0.05) is 6.07 Å². The second-order valence-electron chi connectivity index (χ2n) is 3.88. The van der Waals surface area contributed by atoms with Crippen LogP contribution >= 0.6 is 0 Å². The number of carboxylic acid groups (broad SMARTS) is 1. The maximum absolute atomic E-state index is 11.0. The number of nitrogens with zero attached hydrogens (tertiary/aromatic N) is 1. The van der Waals surface area contributed by atoms with Crippen LogP contribution in [0, 0.1) is 0 Å². The van der Waals surface area contributed by atoms with Crippen LogP contribution in [0.5, 0.6) is 5.75 Å². The van der Waals surface area contributed by atoms with Crippen molar-refractivity contribution in [3.63, 3.8) is 0 Å². The Kier molecular flexibility index (Phi) is 3.74. The van der Waals surface area contributed by atoms with Crippen LogP contribution in [0.15, 0.2) is 36.5 Å². The Balaban J connectivity index is 2.22. The predicted octanol–water partition coefficient (Wildman–Crippen LogP) is 1.42. The van der Waals surface area contributed by atoms with Crippen molar-refractivity contribution in [2.75, 3.05) is 6.54 Å². The van der Waals surface area contributed by atoms with Crippen molar-refractivity contribution in [1.29, 1.82) is 0 Å². The third kappa shape index (κ3) is 2.75. The summed E-state index contributed by atoms with van der Waals surface area (Å²) in [4.78, 5) is 15.1. The van der Waals surface area contributed by atoms with Gasteiger partial charge in [-0.3, -0.25) is 4.98 Å². The van der Waals surface area contributed by atoms with Crippen LogP contribution in [0.1, 0.15) is 6.42 Å². The summed E-state index contributed by atoms with van der Waals surface area (Å²) in [5, 5.41) is 9.96. The number of carbonyl (C=O) groups is 1. The number of carboxylic acids is 1. The number of fused-ring (bicyclic) bond motifs is 1. The van der Waals surface area contributed by atoms with Crippen LogP contribution in [0.4, 0.5) is 0 Å². The fraction of sp³-hybridized carbons (Fsp3) is 0.231. The smallest absolute Gasteiger partial charge is 0.344 e. The first kappa shape index (κ1) is 12.3. The number of aliphatic carboxylic acids is 1. The van der Waals surface area contributed by atoms with Gasteiger partial charge in [-0.05, 0) is 24.7 Å². The number of pyridine rings is 1. The van der Waals surface area contributed by atoms with Gasteiger partial charge in [0.2, 0.25) is 0 Å². The molecule has 94 valence electrons. The van der Waals surface area contributed by atoms with Gasteiger partial charge in [-0.2, -0.15) is 0 Å². The molecule has 0 amide bonds. The summed E-state index contributed by atoms with van der Waals surface area (Å²) in [5.41, 5.74) is 6.13. The average molecular weight is 246 g/mol. The van der Waals surface area contributed by atoms with E-state index in [0.29, 0.717) is 5.75 Å². The summed E-state index contributed by atoms with van der Waals surface area (Å²) in [6.45, 7) is 0.267. The van der Waals surface area contributed by atoms with Gasteiger partial charge < -0.3 is 15.6 Å². The summed E-state index contributed by atoms with van der Waals surface area (Å²) in [6.07, 6.45) is 1.03. The lowest BCUT2D eigenvalue weighted by Crippen LogP contribution is -2.29. The molecule has 0 spiro atoms. The normalized spacial score (nSPS) is 12.3. The lowest BCUT2D eigenvalue weighted by molar-refractivity contribution is -0.145. The van der Waals surface area contributed by atoms with Crippen molar-refractivity contribution in [3.8, 4) is 5.75 Å². The molecule has 1 unspecified atom stereocenters. The summed E-state index contributed by atoms with van der Waals surface area (Å²) >= 11 is 0. The molecular formula is C13H14N2O3. The number of nitrogens with two attached hydrogens (primary N) is 1. The highest BCUT2D eigenvalue weighted by Gasteiger charge is 2.18. The molecule has 1 aromatic carbocycles. The summed E-state index contributed by atoms with van der Waals surface area (Å²) < 4.78 is 5.40. The van der Waals surface area contributed by atoms with Crippen LogP contribution in [0.3, 0.4) is 0 Å². The molecule has 0 bridgehead atoms. The van der Waals surface area contributed by atoms with E-state index in [1.54, 1.807) is 18.3 Å². The fourth-order valence-electron chi connectivity index (χ4n) is 1.67. The molecule has 3 N–H and O–H groups in total. The van der Waals surface area contributed by atoms with Crippen LogP contribution in [-0.2, 0) is 4.79 Å². The van der Waals surface area contributed by atoms with Gasteiger partial charge in [0, 0.05) is 24.1 Å². The molecule has 2 aromatic rings. The number of aromatic nitrogens is 1. The molecule has 1 heterocycles. The van der Waals surface area contributed by atoms with Crippen LogP contribution in [0.2, 0.25) is 0 Å². The topological polar surface area (TPSA) is 85.4 Å². The van der Waals surface area contributed by atoms with Crippen molar-refractivity contribution in [3.05, 3.63) is 36.5 Å². The first-order valence-electron chi connectivity index (χ1n) is 5.65. The first-order valence-corrected chi connectivity index (χ1v) is 5.65. The van der Waals surface area contributed by atoms with Gasteiger partial charge in [0.25, 0.3) is 0 Å². The van der Waals surface area contributed by atoms with Crippen LogP contribution < -0.4 is 10.5 Å². The average Bonchev–Trinajstić information content (AvgIpc) is 2.38. The summed E-state index contributed by atoms with van der Waals surface area (Å²) in [7, 11) is 0. The third-order valence-electron chi connectivity index (χ3n) is 2.56. The zero-order valence-electron chi connectivity index (χ0n) is 9.74. The summed E-state index contributed by atoms with van der Waals surface area (Å²) in [6, 6.07) is 9.08. The van der Waals surface area contributed by atoms with Gasteiger partial charge in [-0.25, -0.2) is 4.79 Å². The van der Waals surface area contributed by atoms with E-state index in [0.717, 1.165) is 10.9 Å². The van der Waals surface area contributed by atoms with E-state index in [1.807, 2.05) is 18.2 Å². The quantitative estimate of drug-likeness (QED) is 0.833. The zero-order valence-corrected chi connectivity index (χ0v) is 9.74. The maximum Gasteiger partial charge on any atom is 0.344 e. The first-order chi connectivity index (χ1) is 8.70. The van der Waals surface area contributed by atoms with Crippen LogP contribution in [-0.4, -0.2) is 28.7 Å². The molecule has 0 aliphatic rings. The number of hydrogen-bond acceptors (Lipinski definition) is 4. The zero-order chi connectivity index (χ0) is 13.0. The van der Waals surface area contributed by atoms with Crippen molar-refractivity contribution < 1.29 is 14.6 Å². The highest BCUT2D eigenvalue weighted by molar-refractivity contribution is 5.80. The second kappa shape index (κ2) is 5.46. The highest BCUT2D eigenvalue weighted by Crippen LogP contribution is 2.20. The van der Waals surface area contributed by atoms with Gasteiger partial charge in [0.1, 0.15) is 5.75 Å². The lowest BCUT2D eigenvalue weighted by atomic mass is 10.2. The van der Waals surface area contributed by atoms with E-state index in [2.05, 4.69) is 4.98 Å². The van der Waals surface area contributed by atoms with E-state index in [9.17, 15) is 4.79 Å². The Labute approximate surface area is 104 Å². The fourth-order valence-corrected chi connectivity index (χ4v) is 1.67.